The number of aryl methyl sites for hydroxylation is 1. The van der Waals surface area contributed by atoms with Crippen molar-refractivity contribution in [1.29, 1.82) is 5.26 Å². The van der Waals surface area contributed by atoms with Gasteiger partial charge >= 0.3 is 5.91 Å². The Labute approximate surface area is 181 Å². The average Bonchev–Trinajstić information content (AvgIpc) is 3.20. The van der Waals surface area contributed by atoms with Crippen LogP contribution in [0.25, 0.3) is 0 Å². The van der Waals surface area contributed by atoms with E-state index in [1.165, 1.54) is 0 Å². The molecule has 158 valence electrons. The maximum absolute atomic E-state index is 12.9. The molecule has 2 aliphatic rings. The predicted octanol–water partition coefficient (Wildman–Crippen LogP) is 2.61. The number of allylic oxidation sites excluding steroid dienone is 1. The predicted molar refractivity (Wildman–Crippen MR) is 116 cm³/mol. The van der Waals surface area contributed by atoms with Crippen molar-refractivity contribution in [2.75, 3.05) is 32.8 Å². The monoisotopic (exact) mass is 417 g/mol. The van der Waals surface area contributed by atoms with Gasteiger partial charge in [0.2, 0.25) is 0 Å². The number of carbonyl (C=O) groups excluding carboxylic acids is 2. The number of aromatic nitrogens is 1. The van der Waals surface area contributed by atoms with Gasteiger partial charge in [-0.3, -0.25) is 4.79 Å². The number of nitrogens with one attached hydrogen (secondary N) is 1. The zero-order chi connectivity index (χ0) is 22.0. The van der Waals surface area contributed by atoms with E-state index in [1.807, 2.05) is 44.3 Å². The van der Waals surface area contributed by atoms with Gasteiger partial charge in [0.1, 0.15) is 0 Å². The van der Waals surface area contributed by atoms with Crippen LogP contribution in [0.1, 0.15) is 56.1 Å². The Morgan fingerprint density at radius 3 is 2.84 bits per heavy atom. The number of aromatic amines is 1. The van der Waals surface area contributed by atoms with Crippen molar-refractivity contribution in [3.8, 4) is 6.07 Å². The van der Waals surface area contributed by atoms with E-state index in [-0.39, 0.29) is 17.7 Å². The zero-order valence-electron chi connectivity index (χ0n) is 17.7. The molecule has 1 aromatic carbocycles. The maximum Gasteiger partial charge on any atom is 0.436 e. The zero-order valence-corrected chi connectivity index (χ0v) is 17.7. The summed E-state index contributed by atoms with van der Waals surface area (Å²) in [5, 5.41) is 9.76. The molecular weight excluding hydrogens is 392 g/mol. The second-order valence-electron chi connectivity index (χ2n) is 7.76. The van der Waals surface area contributed by atoms with Crippen LogP contribution >= 0.6 is 0 Å². The number of hydrogen-bond acceptors (Lipinski definition) is 4. The first-order valence-electron chi connectivity index (χ1n) is 10.4. The third-order valence-electron chi connectivity index (χ3n) is 5.71. The lowest BCUT2D eigenvalue weighted by Crippen LogP contribution is -2.41. The molecule has 2 aromatic rings. The summed E-state index contributed by atoms with van der Waals surface area (Å²) in [5.41, 5.74) is 3.97. The summed E-state index contributed by atoms with van der Waals surface area (Å²) in [6.45, 7) is 6.37. The number of rotatable bonds is 4. The molecule has 0 bridgehead atoms. The van der Waals surface area contributed by atoms with Crippen molar-refractivity contribution in [2.24, 2.45) is 0 Å². The van der Waals surface area contributed by atoms with Gasteiger partial charge in [-0.25, -0.2) is 4.79 Å². The highest BCUT2D eigenvalue weighted by Crippen LogP contribution is 2.31. The molecule has 1 saturated heterocycles. The Balaban J connectivity index is 1.73. The fourth-order valence-corrected chi connectivity index (χ4v) is 4.10. The number of ether oxygens (including phenoxy) is 1. The summed E-state index contributed by atoms with van der Waals surface area (Å²) in [6, 6.07) is 9.54. The van der Waals surface area contributed by atoms with E-state index in [4.69, 9.17) is 4.74 Å². The quantitative estimate of drug-likeness (QED) is 0.612. The average molecular weight is 417 g/mol. The van der Waals surface area contributed by atoms with Crippen LogP contribution in [0, 0.1) is 18.3 Å². The lowest BCUT2D eigenvalue weighted by Gasteiger charge is -2.27. The number of benzene rings is 1. The Kier molecular flexibility index (Phi) is 5.83. The van der Waals surface area contributed by atoms with Gasteiger partial charge in [0.05, 0.1) is 36.3 Å². The molecule has 1 fully saturated rings. The Bertz CT molecular complexity index is 1130. The smallest absolute Gasteiger partial charge is 0.378 e. The molecule has 0 saturated carbocycles. The van der Waals surface area contributed by atoms with E-state index in [0.717, 1.165) is 16.8 Å². The first-order valence-corrected chi connectivity index (χ1v) is 10.4. The number of hydrogen-bond donors (Lipinski definition) is 1. The molecule has 4 rings (SSSR count). The standard InChI is InChI=1S/C24H24N4O3/c1-3-4-7-28-15-21(20-12-16(2)26-22(20)24(28)30)17-5-6-19(18(13-17)14-25)23(29)27-8-10-31-11-9-27/h3-6,12-13,15,21H,7-11H2,1-2H3/p+1/b4-3+. The number of morpholine rings is 1. The number of fused-ring (bicyclic) bond motifs is 1. The summed E-state index contributed by atoms with van der Waals surface area (Å²) in [6.07, 6.45) is 5.74. The minimum absolute atomic E-state index is 0.0722. The summed E-state index contributed by atoms with van der Waals surface area (Å²) in [4.78, 5) is 30.7. The molecular formula is C24H25N4O3+. The maximum atomic E-state index is 12.9. The minimum atomic E-state index is -0.192. The lowest BCUT2D eigenvalue weighted by atomic mass is 9.88. The van der Waals surface area contributed by atoms with Crippen molar-refractivity contribution < 1.29 is 18.9 Å². The van der Waals surface area contributed by atoms with Gasteiger partial charge in [0.25, 0.3) is 5.91 Å². The molecule has 1 atom stereocenters. The van der Waals surface area contributed by atoms with Crippen molar-refractivity contribution in [2.45, 2.75) is 19.8 Å². The largest absolute Gasteiger partial charge is 0.436 e. The van der Waals surface area contributed by atoms with Crippen LogP contribution in [0.3, 0.4) is 0 Å². The number of nitrogens with zero attached hydrogens (tertiary/aromatic N) is 3. The molecule has 0 radical (unpaired) electrons. The SMILES string of the molecule is C/C=C/C[N+]1=CC(c2ccc(C(=O)N3CCOCC3)c(C#N)c2)c2cc(C)[nH]c2C1=O. The van der Waals surface area contributed by atoms with Crippen LogP contribution < -0.4 is 0 Å². The molecule has 3 heterocycles. The molecule has 0 aliphatic carbocycles. The minimum Gasteiger partial charge on any atom is -0.378 e. The van der Waals surface area contributed by atoms with Crippen molar-refractivity contribution in [1.82, 2.24) is 9.88 Å². The van der Waals surface area contributed by atoms with Gasteiger partial charge in [0, 0.05) is 24.3 Å². The van der Waals surface area contributed by atoms with E-state index in [9.17, 15) is 14.9 Å². The third-order valence-corrected chi connectivity index (χ3v) is 5.71. The van der Waals surface area contributed by atoms with Crippen LogP contribution in [0.2, 0.25) is 0 Å². The van der Waals surface area contributed by atoms with Crippen molar-refractivity contribution in [3.63, 3.8) is 0 Å². The van der Waals surface area contributed by atoms with Gasteiger partial charge in [-0.15, -0.1) is 0 Å². The summed E-state index contributed by atoms with van der Waals surface area (Å²) in [7, 11) is 0. The van der Waals surface area contributed by atoms with Gasteiger partial charge in [-0.2, -0.15) is 9.84 Å². The fourth-order valence-electron chi connectivity index (χ4n) is 4.10. The van der Waals surface area contributed by atoms with E-state index < -0.39 is 0 Å². The van der Waals surface area contributed by atoms with Crippen molar-refractivity contribution >= 4 is 18.0 Å². The molecule has 0 spiro atoms. The number of nitriles is 1. The Morgan fingerprint density at radius 2 is 2.13 bits per heavy atom. The molecule has 1 N–H and O–H groups in total. The molecule has 2 aliphatic heterocycles. The van der Waals surface area contributed by atoms with E-state index in [2.05, 4.69) is 11.1 Å². The number of amides is 2. The normalized spacial score (nSPS) is 18.6. The molecule has 7 nitrogen and oxygen atoms in total. The second-order valence-corrected chi connectivity index (χ2v) is 7.76. The topological polar surface area (TPSA) is 89.2 Å². The molecule has 1 unspecified atom stereocenters. The van der Waals surface area contributed by atoms with Gasteiger partial charge in [0.15, 0.2) is 18.5 Å². The molecule has 31 heavy (non-hydrogen) atoms. The highest BCUT2D eigenvalue weighted by molar-refractivity contribution is 5.98. The van der Waals surface area contributed by atoms with Crippen LogP contribution in [-0.2, 0) is 4.74 Å². The Hall–Kier alpha value is -3.50. The molecule has 1 aromatic heterocycles. The summed E-state index contributed by atoms with van der Waals surface area (Å²) in [5.74, 6) is -0.415. The van der Waals surface area contributed by atoms with Crippen LogP contribution in [-0.4, -0.2) is 65.3 Å². The van der Waals surface area contributed by atoms with E-state index >= 15 is 0 Å². The van der Waals surface area contributed by atoms with Crippen LogP contribution in [0.15, 0.2) is 36.4 Å². The van der Waals surface area contributed by atoms with Crippen molar-refractivity contribution in [3.05, 3.63) is 70.1 Å². The van der Waals surface area contributed by atoms with Gasteiger partial charge in [-0.05, 0) is 43.7 Å². The summed E-state index contributed by atoms with van der Waals surface area (Å²) >= 11 is 0. The lowest BCUT2D eigenvalue weighted by molar-refractivity contribution is -0.415. The van der Waals surface area contributed by atoms with Gasteiger partial charge in [-0.1, -0.05) is 12.1 Å². The first-order chi connectivity index (χ1) is 15.0. The third kappa shape index (κ3) is 3.94. The van der Waals surface area contributed by atoms with Gasteiger partial charge < -0.3 is 14.6 Å². The number of carbonyl (C=O) groups is 2. The molecule has 2 amide bonds. The van der Waals surface area contributed by atoms with Crippen LogP contribution in [0.5, 0.6) is 0 Å². The van der Waals surface area contributed by atoms with Crippen LogP contribution in [0.4, 0.5) is 0 Å². The molecule has 7 heteroatoms. The van der Waals surface area contributed by atoms with E-state index in [0.29, 0.717) is 49.7 Å². The Morgan fingerprint density at radius 1 is 1.35 bits per heavy atom. The second kappa shape index (κ2) is 8.70. The fraction of sp³-hybridized carbons (Fsp3) is 0.333. The highest BCUT2D eigenvalue weighted by Gasteiger charge is 2.36. The number of H-pyrrole nitrogens is 1. The summed E-state index contributed by atoms with van der Waals surface area (Å²) < 4.78 is 7.00. The van der Waals surface area contributed by atoms with E-state index in [1.54, 1.807) is 21.6 Å². The highest BCUT2D eigenvalue weighted by atomic mass is 16.5. The first kappa shape index (κ1) is 20.8.